The van der Waals surface area contributed by atoms with Gasteiger partial charge in [0.25, 0.3) is 0 Å². The second-order valence-electron chi connectivity index (χ2n) is 6.01. The molecule has 0 spiro atoms. The molecule has 6 nitrogen and oxygen atoms in total. The Hall–Kier alpha value is -1.41. The molecular formula is C15H21N5OS2. The Balaban J connectivity index is 1.47. The molecule has 3 rings (SSSR count). The molecule has 1 amide bonds. The van der Waals surface area contributed by atoms with Crippen LogP contribution in [-0.2, 0) is 11.3 Å². The number of rotatable bonds is 6. The number of thioether (sulfide) groups is 1. The highest BCUT2D eigenvalue weighted by atomic mass is 32.2. The molecule has 0 bridgehead atoms. The Morgan fingerprint density at radius 1 is 1.43 bits per heavy atom. The quantitative estimate of drug-likeness (QED) is 0.810. The minimum Gasteiger partial charge on any atom is -0.353 e. The molecule has 2 aromatic rings. The van der Waals surface area contributed by atoms with Gasteiger partial charge >= 0.3 is 0 Å². The van der Waals surface area contributed by atoms with Gasteiger partial charge < -0.3 is 5.32 Å². The maximum Gasteiger partial charge on any atom is 0.230 e. The molecule has 0 aromatic carbocycles. The smallest absolute Gasteiger partial charge is 0.230 e. The van der Waals surface area contributed by atoms with E-state index in [0.29, 0.717) is 23.5 Å². The fourth-order valence-corrected chi connectivity index (χ4v) is 4.13. The van der Waals surface area contributed by atoms with E-state index in [4.69, 9.17) is 0 Å². The Labute approximate surface area is 144 Å². The zero-order valence-corrected chi connectivity index (χ0v) is 14.8. The number of carbonyl (C=O) groups excluding carboxylic acids is 1. The molecule has 23 heavy (non-hydrogen) atoms. The van der Waals surface area contributed by atoms with Crippen molar-refractivity contribution < 1.29 is 4.79 Å². The second kappa shape index (κ2) is 7.92. The largest absolute Gasteiger partial charge is 0.353 e. The van der Waals surface area contributed by atoms with E-state index in [-0.39, 0.29) is 5.91 Å². The van der Waals surface area contributed by atoms with Crippen molar-refractivity contribution in [1.82, 2.24) is 25.5 Å². The van der Waals surface area contributed by atoms with Crippen molar-refractivity contribution in [3.63, 3.8) is 0 Å². The van der Waals surface area contributed by atoms with E-state index in [1.807, 2.05) is 11.4 Å². The molecular weight excluding hydrogens is 330 g/mol. The van der Waals surface area contributed by atoms with E-state index in [1.54, 1.807) is 16.0 Å². The maximum absolute atomic E-state index is 12.1. The SMILES string of the molecule is CC1CCC(NC(=O)CSc2nnnn2Cc2cccs2)CC1. The van der Waals surface area contributed by atoms with Crippen LogP contribution in [0.1, 0.15) is 37.5 Å². The van der Waals surface area contributed by atoms with Crippen LogP contribution in [0.15, 0.2) is 22.7 Å². The van der Waals surface area contributed by atoms with Gasteiger partial charge in [-0.15, -0.1) is 16.4 Å². The average Bonchev–Trinajstić information content (AvgIpc) is 3.20. The number of tetrazole rings is 1. The number of thiophene rings is 1. The van der Waals surface area contributed by atoms with Gasteiger partial charge in [-0.05, 0) is 53.5 Å². The van der Waals surface area contributed by atoms with Crippen LogP contribution in [0, 0.1) is 5.92 Å². The van der Waals surface area contributed by atoms with Crippen LogP contribution in [0.25, 0.3) is 0 Å². The normalized spacial score (nSPS) is 21.3. The molecule has 8 heteroatoms. The highest BCUT2D eigenvalue weighted by Gasteiger charge is 2.20. The zero-order valence-electron chi connectivity index (χ0n) is 13.1. The third-order valence-corrected chi connectivity index (χ3v) is 5.92. The topological polar surface area (TPSA) is 72.7 Å². The van der Waals surface area contributed by atoms with Crippen LogP contribution < -0.4 is 5.32 Å². The molecule has 0 radical (unpaired) electrons. The standard InChI is InChI=1S/C15H21N5OS2/c1-11-4-6-12(7-5-11)16-14(21)10-23-15-17-18-19-20(15)9-13-3-2-8-22-13/h2-3,8,11-12H,4-7,9-10H2,1H3,(H,16,21). The van der Waals surface area contributed by atoms with Crippen molar-refractivity contribution in [2.75, 3.05) is 5.75 Å². The third kappa shape index (κ3) is 4.78. The molecule has 1 N–H and O–H groups in total. The minimum atomic E-state index is 0.0697. The summed E-state index contributed by atoms with van der Waals surface area (Å²) in [4.78, 5) is 13.3. The summed E-state index contributed by atoms with van der Waals surface area (Å²) < 4.78 is 1.74. The Bertz CT molecular complexity index is 620. The van der Waals surface area contributed by atoms with Crippen molar-refractivity contribution in [2.24, 2.45) is 5.92 Å². The van der Waals surface area contributed by atoms with Gasteiger partial charge in [0.15, 0.2) is 0 Å². The van der Waals surface area contributed by atoms with Crippen molar-refractivity contribution in [3.8, 4) is 0 Å². The number of hydrogen-bond acceptors (Lipinski definition) is 6. The van der Waals surface area contributed by atoms with Crippen LogP contribution in [0.2, 0.25) is 0 Å². The molecule has 2 heterocycles. The number of nitrogens with zero attached hydrogens (tertiary/aromatic N) is 4. The maximum atomic E-state index is 12.1. The molecule has 124 valence electrons. The first-order chi connectivity index (χ1) is 11.2. The predicted octanol–water partition coefficient (Wildman–Crippen LogP) is 2.57. The van der Waals surface area contributed by atoms with Crippen molar-refractivity contribution in [3.05, 3.63) is 22.4 Å². The van der Waals surface area contributed by atoms with Crippen LogP contribution in [-0.4, -0.2) is 37.9 Å². The van der Waals surface area contributed by atoms with Crippen molar-refractivity contribution >= 4 is 29.0 Å². The van der Waals surface area contributed by atoms with E-state index in [9.17, 15) is 4.79 Å². The molecule has 1 saturated carbocycles. The lowest BCUT2D eigenvalue weighted by atomic mass is 9.87. The highest BCUT2D eigenvalue weighted by molar-refractivity contribution is 7.99. The minimum absolute atomic E-state index is 0.0697. The van der Waals surface area contributed by atoms with Gasteiger partial charge in [-0.25, -0.2) is 4.68 Å². The number of nitrogens with one attached hydrogen (secondary N) is 1. The van der Waals surface area contributed by atoms with Gasteiger partial charge in [-0.1, -0.05) is 24.8 Å². The third-order valence-electron chi connectivity index (χ3n) is 4.10. The zero-order chi connectivity index (χ0) is 16.1. The molecule has 2 aromatic heterocycles. The molecule has 0 atom stereocenters. The highest BCUT2D eigenvalue weighted by Crippen LogP contribution is 2.23. The summed E-state index contributed by atoms with van der Waals surface area (Å²) in [6, 6.07) is 4.40. The fraction of sp³-hybridized carbons (Fsp3) is 0.600. The predicted molar refractivity (Wildman–Crippen MR) is 91.5 cm³/mol. The number of amides is 1. The number of carbonyl (C=O) groups is 1. The molecule has 1 fully saturated rings. The summed E-state index contributed by atoms with van der Waals surface area (Å²) in [7, 11) is 0. The average molecular weight is 352 g/mol. The first kappa shape index (κ1) is 16.4. The summed E-state index contributed by atoms with van der Waals surface area (Å²) in [5.74, 6) is 1.22. The molecule has 0 saturated heterocycles. The fourth-order valence-electron chi connectivity index (χ4n) is 2.75. The van der Waals surface area contributed by atoms with E-state index >= 15 is 0 Å². The van der Waals surface area contributed by atoms with Crippen LogP contribution in [0.3, 0.4) is 0 Å². The van der Waals surface area contributed by atoms with Gasteiger partial charge in [0.1, 0.15) is 0 Å². The molecule has 0 aliphatic heterocycles. The first-order valence-electron chi connectivity index (χ1n) is 7.91. The molecule has 0 unspecified atom stereocenters. The van der Waals surface area contributed by atoms with E-state index < -0.39 is 0 Å². The lowest BCUT2D eigenvalue weighted by Crippen LogP contribution is -2.38. The Morgan fingerprint density at radius 3 is 3.00 bits per heavy atom. The van der Waals surface area contributed by atoms with Gasteiger partial charge in [0.2, 0.25) is 11.1 Å². The van der Waals surface area contributed by atoms with Gasteiger partial charge in [-0.2, -0.15) is 0 Å². The van der Waals surface area contributed by atoms with Gasteiger partial charge in [-0.3, -0.25) is 4.79 Å². The lowest BCUT2D eigenvalue weighted by Gasteiger charge is -2.26. The second-order valence-corrected chi connectivity index (χ2v) is 7.99. The van der Waals surface area contributed by atoms with E-state index in [2.05, 4.69) is 33.8 Å². The van der Waals surface area contributed by atoms with Crippen LogP contribution in [0.5, 0.6) is 0 Å². The Morgan fingerprint density at radius 2 is 2.26 bits per heavy atom. The first-order valence-corrected chi connectivity index (χ1v) is 9.78. The number of hydrogen-bond donors (Lipinski definition) is 1. The summed E-state index contributed by atoms with van der Waals surface area (Å²) in [6.45, 7) is 2.93. The van der Waals surface area contributed by atoms with Gasteiger partial charge in [0.05, 0.1) is 12.3 Å². The van der Waals surface area contributed by atoms with Gasteiger partial charge in [0, 0.05) is 10.9 Å². The molecule has 1 aliphatic rings. The summed E-state index contributed by atoms with van der Waals surface area (Å²) >= 11 is 3.06. The molecule has 1 aliphatic carbocycles. The van der Waals surface area contributed by atoms with Crippen molar-refractivity contribution in [2.45, 2.75) is 50.4 Å². The van der Waals surface area contributed by atoms with Crippen LogP contribution >= 0.6 is 23.1 Å². The lowest BCUT2D eigenvalue weighted by molar-refractivity contribution is -0.119. The van der Waals surface area contributed by atoms with E-state index in [1.165, 1.54) is 29.5 Å². The summed E-state index contributed by atoms with van der Waals surface area (Å²) in [5.41, 5.74) is 0. The van der Waals surface area contributed by atoms with E-state index in [0.717, 1.165) is 18.8 Å². The monoisotopic (exact) mass is 351 g/mol. The van der Waals surface area contributed by atoms with Crippen LogP contribution in [0.4, 0.5) is 0 Å². The summed E-state index contributed by atoms with van der Waals surface area (Å²) in [6.07, 6.45) is 4.59. The number of aromatic nitrogens is 4. The van der Waals surface area contributed by atoms with Crippen molar-refractivity contribution in [1.29, 1.82) is 0 Å². The summed E-state index contributed by atoms with van der Waals surface area (Å²) in [5, 5.41) is 17.6. The Kier molecular flexibility index (Phi) is 5.66.